The van der Waals surface area contributed by atoms with Gasteiger partial charge in [-0.3, -0.25) is 4.79 Å². The number of alkyl halides is 3. The van der Waals surface area contributed by atoms with Crippen molar-refractivity contribution in [2.45, 2.75) is 25.9 Å². The van der Waals surface area contributed by atoms with E-state index in [0.717, 1.165) is 12.1 Å². The van der Waals surface area contributed by atoms with Gasteiger partial charge in [-0.2, -0.15) is 13.2 Å². The zero-order valence-electron chi connectivity index (χ0n) is 15.4. The van der Waals surface area contributed by atoms with Gasteiger partial charge in [-0.1, -0.05) is 37.6 Å². The van der Waals surface area contributed by atoms with Crippen LogP contribution in [0.1, 0.15) is 31.2 Å². The number of hydrogen-bond acceptors (Lipinski definition) is 4. The Hall–Kier alpha value is -2.35. The maximum Gasteiger partial charge on any atom is 0.416 e. The summed E-state index contributed by atoms with van der Waals surface area (Å²) < 4.78 is 38.3. The van der Waals surface area contributed by atoms with Crippen LogP contribution in [-0.4, -0.2) is 41.4 Å². The van der Waals surface area contributed by atoms with Crippen LogP contribution in [0.4, 0.5) is 19.0 Å². The number of amides is 1. The maximum atomic E-state index is 12.8. The predicted octanol–water partition coefficient (Wildman–Crippen LogP) is 4.44. The third-order valence-corrected chi connectivity index (χ3v) is 4.13. The van der Waals surface area contributed by atoms with Crippen molar-refractivity contribution >= 4 is 23.3 Å². The lowest BCUT2D eigenvalue weighted by Gasteiger charge is -2.16. The van der Waals surface area contributed by atoms with Crippen molar-refractivity contribution in [1.82, 2.24) is 14.9 Å². The summed E-state index contributed by atoms with van der Waals surface area (Å²) in [6.07, 6.45) is -4.42. The fourth-order valence-corrected chi connectivity index (χ4v) is 2.43. The quantitative estimate of drug-likeness (QED) is 0.806. The van der Waals surface area contributed by atoms with E-state index < -0.39 is 11.7 Å². The minimum absolute atomic E-state index is 0.0201. The Kier molecular flexibility index (Phi) is 6.30. The highest BCUT2D eigenvalue weighted by molar-refractivity contribution is 6.35. The summed E-state index contributed by atoms with van der Waals surface area (Å²) in [5, 5.41) is 3.03. The predicted molar refractivity (Wildman–Crippen MR) is 98.8 cm³/mol. The first-order valence-corrected chi connectivity index (χ1v) is 8.57. The number of likely N-dealkylation sites (N-methyl/N-ethyl adjacent to an activating group) is 1. The van der Waals surface area contributed by atoms with Gasteiger partial charge in [-0.05, 0) is 12.1 Å². The Balaban J connectivity index is 2.44. The number of nitrogens with zero attached hydrogens (tertiary/aromatic N) is 3. The first-order chi connectivity index (χ1) is 12.5. The molecule has 0 bridgehead atoms. The number of halogens is 4. The standard InChI is InChI=1S/C18H20ClF3N4O/c1-10(2)16-24-15(11-5-7-12(8-6-11)18(20,21)22)14(19)17(25-16)23-9-13(27)26(3)4/h5-8,10H,9H2,1-4H3,(H,23,24,25). The lowest BCUT2D eigenvalue weighted by atomic mass is 10.1. The van der Waals surface area contributed by atoms with Crippen LogP contribution in [-0.2, 0) is 11.0 Å². The molecule has 1 amide bonds. The number of anilines is 1. The lowest BCUT2D eigenvalue weighted by molar-refractivity contribution is -0.137. The molecule has 0 saturated heterocycles. The number of aromatic nitrogens is 2. The van der Waals surface area contributed by atoms with Crippen LogP contribution in [0.15, 0.2) is 24.3 Å². The largest absolute Gasteiger partial charge is 0.416 e. The SMILES string of the molecule is CC(C)c1nc(NCC(=O)N(C)C)c(Cl)c(-c2ccc(C(F)(F)F)cc2)n1. The molecule has 0 spiro atoms. The van der Waals surface area contributed by atoms with Crippen molar-refractivity contribution in [1.29, 1.82) is 0 Å². The molecule has 1 N–H and O–H groups in total. The van der Waals surface area contributed by atoms with Crippen molar-refractivity contribution in [2.24, 2.45) is 0 Å². The Morgan fingerprint density at radius 3 is 2.26 bits per heavy atom. The molecule has 2 aromatic rings. The molecule has 2 rings (SSSR count). The molecule has 0 fully saturated rings. The van der Waals surface area contributed by atoms with Gasteiger partial charge in [0.15, 0.2) is 0 Å². The van der Waals surface area contributed by atoms with Crippen molar-refractivity contribution in [3.63, 3.8) is 0 Å². The average Bonchev–Trinajstić information content (AvgIpc) is 2.59. The molecule has 1 aromatic carbocycles. The number of nitrogens with one attached hydrogen (secondary N) is 1. The van der Waals surface area contributed by atoms with E-state index in [1.54, 1.807) is 14.1 Å². The van der Waals surface area contributed by atoms with Gasteiger partial charge >= 0.3 is 6.18 Å². The van der Waals surface area contributed by atoms with Crippen LogP contribution < -0.4 is 5.32 Å². The van der Waals surface area contributed by atoms with Gasteiger partial charge in [0, 0.05) is 25.6 Å². The Morgan fingerprint density at radius 2 is 1.78 bits per heavy atom. The van der Waals surface area contributed by atoms with Crippen LogP contribution in [0.3, 0.4) is 0 Å². The zero-order chi connectivity index (χ0) is 20.4. The molecular formula is C18H20ClF3N4O. The van der Waals surface area contributed by atoms with Crippen molar-refractivity contribution < 1.29 is 18.0 Å². The number of carbonyl (C=O) groups excluding carboxylic acids is 1. The number of rotatable bonds is 5. The van der Waals surface area contributed by atoms with E-state index in [1.807, 2.05) is 13.8 Å². The highest BCUT2D eigenvalue weighted by Gasteiger charge is 2.30. The summed E-state index contributed by atoms with van der Waals surface area (Å²) >= 11 is 6.38. The van der Waals surface area contributed by atoms with Crippen LogP contribution in [0.5, 0.6) is 0 Å². The Labute approximate surface area is 160 Å². The van der Waals surface area contributed by atoms with Gasteiger partial charge in [0.25, 0.3) is 0 Å². The second kappa shape index (κ2) is 8.12. The fourth-order valence-electron chi connectivity index (χ4n) is 2.17. The van der Waals surface area contributed by atoms with E-state index in [1.165, 1.54) is 17.0 Å². The van der Waals surface area contributed by atoms with Gasteiger partial charge in [-0.25, -0.2) is 9.97 Å². The van der Waals surface area contributed by atoms with Gasteiger partial charge < -0.3 is 10.2 Å². The first-order valence-electron chi connectivity index (χ1n) is 8.19. The topological polar surface area (TPSA) is 58.1 Å². The van der Waals surface area contributed by atoms with E-state index in [2.05, 4.69) is 15.3 Å². The monoisotopic (exact) mass is 400 g/mol. The number of benzene rings is 1. The molecule has 5 nitrogen and oxygen atoms in total. The second-order valence-electron chi connectivity index (χ2n) is 6.46. The molecule has 1 heterocycles. The number of carbonyl (C=O) groups is 1. The molecule has 146 valence electrons. The molecule has 9 heteroatoms. The first kappa shape index (κ1) is 21.0. The molecular weight excluding hydrogens is 381 g/mol. The molecule has 0 saturated carbocycles. The maximum absolute atomic E-state index is 12.8. The summed E-state index contributed by atoms with van der Waals surface area (Å²) in [5.41, 5.74) is -0.0152. The van der Waals surface area contributed by atoms with Crippen molar-refractivity contribution in [3.8, 4) is 11.3 Å². The van der Waals surface area contributed by atoms with Gasteiger partial charge in [-0.15, -0.1) is 0 Å². The van der Waals surface area contributed by atoms with Gasteiger partial charge in [0.05, 0.1) is 17.8 Å². The van der Waals surface area contributed by atoms with Crippen molar-refractivity contribution in [2.75, 3.05) is 26.0 Å². The van der Waals surface area contributed by atoms with Crippen LogP contribution in [0, 0.1) is 0 Å². The minimum Gasteiger partial charge on any atom is -0.360 e. The minimum atomic E-state index is -4.42. The fraction of sp³-hybridized carbons (Fsp3) is 0.389. The third kappa shape index (κ3) is 5.09. The molecule has 0 aliphatic rings. The van der Waals surface area contributed by atoms with Crippen molar-refractivity contribution in [3.05, 3.63) is 40.7 Å². The van der Waals surface area contributed by atoms with E-state index in [-0.39, 0.29) is 29.2 Å². The molecule has 0 radical (unpaired) electrons. The molecule has 1 aromatic heterocycles. The third-order valence-electron chi connectivity index (χ3n) is 3.78. The Bertz CT molecular complexity index is 821. The number of hydrogen-bond donors (Lipinski definition) is 1. The normalized spacial score (nSPS) is 11.6. The molecule has 0 aliphatic carbocycles. The smallest absolute Gasteiger partial charge is 0.360 e. The summed E-state index contributed by atoms with van der Waals surface area (Å²) in [7, 11) is 3.25. The van der Waals surface area contributed by atoms with Crippen LogP contribution in [0.2, 0.25) is 5.02 Å². The summed E-state index contributed by atoms with van der Waals surface area (Å²) in [5.74, 6) is 0.516. The summed E-state index contributed by atoms with van der Waals surface area (Å²) in [4.78, 5) is 22.0. The van der Waals surface area contributed by atoms with Crippen LogP contribution in [0.25, 0.3) is 11.3 Å². The highest BCUT2D eigenvalue weighted by Crippen LogP contribution is 2.35. The van der Waals surface area contributed by atoms with Gasteiger partial charge in [0.1, 0.15) is 16.7 Å². The zero-order valence-corrected chi connectivity index (χ0v) is 16.1. The van der Waals surface area contributed by atoms with E-state index in [9.17, 15) is 18.0 Å². The van der Waals surface area contributed by atoms with E-state index in [0.29, 0.717) is 17.1 Å². The molecule has 0 aliphatic heterocycles. The van der Waals surface area contributed by atoms with E-state index >= 15 is 0 Å². The molecule has 0 unspecified atom stereocenters. The van der Waals surface area contributed by atoms with Crippen LogP contribution >= 0.6 is 11.6 Å². The van der Waals surface area contributed by atoms with E-state index in [4.69, 9.17) is 11.6 Å². The molecule has 0 atom stereocenters. The Morgan fingerprint density at radius 1 is 1.19 bits per heavy atom. The molecule has 27 heavy (non-hydrogen) atoms. The highest BCUT2D eigenvalue weighted by atomic mass is 35.5. The summed E-state index contributed by atoms with van der Waals surface area (Å²) in [6.45, 7) is 3.75. The second-order valence-corrected chi connectivity index (χ2v) is 6.84. The lowest BCUT2D eigenvalue weighted by Crippen LogP contribution is -2.29. The average molecular weight is 401 g/mol. The van der Waals surface area contributed by atoms with Gasteiger partial charge in [0.2, 0.25) is 5.91 Å². The summed E-state index contributed by atoms with van der Waals surface area (Å²) in [6, 6.07) is 4.59.